The van der Waals surface area contributed by atoms with Crippen molar-refractivity contribution >= 4 is 38.9 Å². The number of carbonyl (C=O) groups excluding carboxylic acids is 1. The van der Waals surface area contributed by atoms with E-state index in [1.165, 1.54) is 43.3 Å². The maximum atomic E-state index is 12.1. The zero-order chi connectivity index (χ0) is 19.3. The summed E-state index contributed by atoms with van der Waals surface area (Å²) < 4.78 is 26.6. The van der Waals surface area contributed by atoms with E-state index < -0.39 is 20.9 Å². The summed E-state index contributed by atoms with van der Waals surface area (Å²) in [5, 5.41) is 13.7. The second-order valence-electron chi connectivity index (χ2n) is 5.36. The third kappa shape index (κ3) is 5.01. The minimum atomic E-state index is -3.78. The minimum Gasteiger partial charge on any atom is -0.326 e. The number of halogens is 1. The van der Waals surface area contributed by atoms with E-state index in [1.54, 1.807) is 6.07 Å². The van der Waals surface area contributed by atoms with E-state index >= 15 is 0 Å². The summed E-state index contributed by atoms with van der Waals surface area (Å²) in [6.07, 6.45) is -0.137. The minimum absolute atomic E-state index is 0.0000585. The van der Waals surface area contributed by atoms with Gasteiger partial charge in [0.05, 0.1) is 21.1 Å². The van der Waals surface area contributed by atoms with Gasteiger partial charge in [0.15, 0.2) is 0 Å². The zero-order valence-electron chi connectivity index (χ0n) is 13.7. The monoisotopic (exact) mass is 397 g/mol. The fourth-order valence-corrected chi connectivity index (χ4v) is 3.52. The molecular weight excluding hydrogens is 382 g/mol. The van der Waals surface area contributed by atoms with Crippen molar-refractivity contribution in [3.8, 4) is 0 Å². The molecule has 0 spiro atoms. The first-order valence-corrected chi connectivity index (χ1v) is 9.36. The Morgan fingerprint density at radius 1 is 1.23 bits per heavy atom. The number of benzene rings is 2. The molecule has 0 aliphatic rings. The van der Waals surface area contributed by atoms with Gasteiger partial charge in [0, 0.05) is 24.1 Å². The lowest BCUT2D eigenvalue weighted by Gasteiger charge is -2.10. The fourth-order valence-electron chi connectivity index (χ4n) is 2.19. The van der Waals surface area contributed by atoms with Crippen LogP contribution in [-0.4, -0.2) is 25.8 Å². The highest BCUT2D eigenvalue weighted by atomic mass is 35.5. The third-order valence-corrected chi connectivity index (χ3v) is 5.22. The molecular formula is C16H16ClN3O5S. The van der Waals surface area contributed by atoms with Crippen molar-refractivity contribution in [1.29, 1.82) is 0 Å². The van der Waals surface area contributed by atoms with E-state index in [2.05, 4.69) is 10.0 Å². The molecule has 0 fully saturated rings. The molecule has 26 heavy (non-hydrogen) atoms. The van der Waals surface area contributed by atoms with Crippen molar-refractivity contribution in [2.45, 2.75) is 18.2 Å². The van der Waals surface area contributed by atoms with Crippen LogP contribution in [0.3, 0.4) is 0 Å². The molecule has 138 valence electrons. The van der Waals surface area contributed by atoms with Crippen LogP contribution in [0.5, 0.6) is 0 Å². The second kappa shape index (κ2) is 8.26. The molecule has 0 saturated carbocycles. The predicted molar refractivity (Wildman–Crippen MR) is 97.7 cm³/mol. The van der Waals surface area contributed by atoms with Gasteiger partial charge in [-0.05, 0) is 31.2 Å². The molecule has 0 aromatic heterocycles. The Hall–Kier alpha value is -2.49. The molecule has 0 saturated heterocycles. The molecule has 10 heteroatoms. The van der Waals surface area contributed by atoms with E-state index in [1.807, 2.05) is 0 Å². The highest BCUT2D eigenvalue weighted by molar-refractivity contribution is 7.89. The fraction of sp³-hybridized carbons (Fsp3) is 0.188. The summed E-state index contributed by atoms with van der Waals surface area (Å²) in [4.78, 5) is 22.4. The molecule has 0 atom stereocenters. The highest BCUT2D eigenvalue weighted by Crippen LogP contribution is 2.25. The van der Waals surface area contributed by atoms with Crippen LogP contribution in [0.15, 0.2) is 47.4 Å². The van der Waals surface area contributed by atoms with E-state index in [-0.39, 0.29) is 28.6 Å². The number of anilines is 1. The van der Waals surface area contributed by atoms with Crippen molar-refractivity contribution < 1.29 is 18.1 Å². The number of hydrogen-bond acceptors (Lipinski definition) is 5. The number of nitrogens with zero attached hydrogens (tertiary/aromatic N) is 1. The van der Waals surface area contributed by atoms with Crippen LogP contribution in [0, 0.1) is 17.0 Å². The molecule has 0 heterocycles. The van der Waals surface area contributed by atoms with Crippen LogP contribution in [0.4, 0.5) is 11.4 Å². The van der Waals surface area contributed by atoms with Gasteiger partial charge in [-0.3, -0.25) is 14.9 Å². The van der Waals surface area contributed by atoms with Crippen molar-refractivity contribution in [3.63, 3.8) is 0 Å². The first-order valence-electron chi connectivity index (χ1n) is 7.50. The van der Waals surface area contributed by atoms with E-state index in [4.69, 9.17) is 11.6 Å². The van der Waals surface area contributed by atoms with E-state index in [0.717, 1.165) is 0 Å². The SMILES string of the molecule is Cc1c(NC(=O)CCNS(=O)(=O)c2cccc(Cl)c2)cccc1[N+](=O)[O-]. The van der Waals surface area contributed by atoms with Crippen LogP contribution in [0.2, 0.25) is 5.02 Å². The molecule has 8 nitrogen and oxygen atoms in total. The molecule has 2 aromatic carbocycles. The molecule has 1 amide bonds. The Kier molecular flexibility index (Phi) is 6.30. The molecule has 0 radical (unpaired) electrons. The Labute approximate surface area is 155 Å². The van der Waals surface area contributed by atoms with Gasteiger partial charge < -0.3 is 5.32 Å². The van der Waals surface area contributed by atoms with Crippen LogP contribution in [0.25, 0.3) is 0 Å². The molecule has 0 unspecified atom stereocenters. The smallest absolute Gasteiger partial charge is 0.274 e. The number of nitro benzene ring substituents is 1. The number of nitrogens with one attached hydrogen (secondary N) is 2. The number of nitro groups is 1. The van der Waals surface area contributed by atoms with Gasteiger partial charge in [-0.15, -0.1) is 0 Å². The van der Waals surface area contributed by atoms with Crippen molar-refractivity contribution in [2.24, 2.45) is 0 Å². The van der Waals surface area contributed by atoms with E-state index in [0.29, 0.717) is 11.3 Å². The molecule has 2 aromatic rings. The van der Waals surface area contributed by atoms with Gasteiger partial charge in [0.2, 0.25) is 15.9 Å². The number of sulfonamides is 1. The van der Waals surface area contributed by atoms with Crippen molar-refractivity contribution in [2.75, 3.05) is 11.9 Å². The quantitative estimate of drug-likeness (QED) is 0.550. The maximum absolute atomic E-state index is 12.1. The molecule has 0 bridgehead atoms. The Bertz CT molecular complexity index is 947. The highest BCUT2D eigenvalue weighted by Gasteiger charge is 2.16. The maximum Gasteiger partial charge on any atom is 0.274 e. The normalized spacial score (nSPS) is 11.2. The summed E-state index contributed by atoms with van der Waals surface area (Å²) in [6.45, 7) is 1.39. The lowest BCUT2D eigenvalue weighted by molar-refractivity contribution is -0.385. The van der Waals surface area contributed by atoms with Crippen LogP contribution >= 0.6 is 11.6 Å². The number of amides is 1. The second-order valence-corrected chi connectivity index (χ2v) is 7.56. The Morgan fingerprint density at radius 3 is 2.58 bits per heavy atom. The van der Waals surface area contributed by atoms with Gasteiger partial charge in [-0.2, -0.15) is 0 Å². The van der Waals surface area contributed by atoms with Gasteiger partial charge in [0.25, 0.3) is 5.69 Å². The average Bonchev–Trinajstić information content (AvgIpc) is 2.56. The van der Waals surface area contributed by atoms with E-state index in [9.17, 15) is 23.3 Å². The molecule has 0 aliphatic heterocycles. The topological polar surface area (TPSA) is 118 Å². The number of carbonyl (C=O) groups is 1. The van der Waals surface area contributed by atoms with Crippen LogP contribution in [0.1, 0.15) is 12.0 Å². The van der Waals surface area contributed by atoms with Gasteiger partial charge in [0.1, 0.15) is 0 Å². The summed E-state index contributed by atoms with van der Waals surface area (Å²) >= 11 is 5.77. The van der Waals surface area contributed by atoms with Crippen molar-refractivity contribution in [3.05, 3.63) is 63.2 Å². The molecule has 2 rings (SSSR count). The average molecular weight is 398 g/mol. The largest absolute Gasteiger partial charge is 0.326 e. The summed E-state index contributed by atoms with van der Waals surface area (Å²) in [5.41, 5.74) is 0.525. The standard InChI is InChI=1S/C16H16ClN3O5S/c1-11-14(6-3-7-15(11)20(22)23)19-16(21)8-9-18-26(24,25)13-5-2-4-12(17)10-13/h2-7,10,18H,8-9H2,1H3,(H,19,21). The van der Waals surface area contributed by atoms with Crippen LogP contribution < -0.4 is 10.0 Å². The number of hydrogen-bond donors (Lipinski definition) is 2. The Morgan fingerprint density at radius 2 is 1.92 bits per heavy atom. The predicted octanol–water partition coefficient (Wildman–Crippen LogP) is 2.86. The summed E-state index contributed by atoms with van der Waals surface area (Å²) in [7, 11) is -3.78. The lowest BCUT2D eigenvalue weighted by Crippen LogP contribution is -2.28. The lowest BCUT2D eigenvalue weighted by atomic mass is 10.1. The molecule has 2 N–H and O–H groups in total. The van der Waals surface area contributed by atoms with Gasteiger partial charge in [-0.1, -0.05) is 23.7 Å². The summed E-state index contributed by atoms with van der Waals surface area (Å²) in [6, 6.07) is 10.1. The Balaban J connectivity index is 1.96. The van der Waals surface area contributed by atoms with Crippen LogP contribution in [-0.2, 0) is 14.8 Å². The van der Waals surface area contributed by atoms with Gasteiger partial charge in [-0.25, -0.2) is 13.1 Å². The molecule has 0 aliphatic carbocycles. The number of rotatable bonds is 7. The third-order valence-electron chi connectivity index (χ3n) is 3.53. The zero-order valence-corrected chi connectivity index (χ0v) is 15.3. The first kappa shape index (κ1) is 19.8. The van der Waals surface area contributed by atoms with Gasteiger partial charge >= 0.3 is 0 Å². The first-order chi connectivity index (χ1) is 12.2. The van der Waals surface area contributed by atoms with Crippen molar-refractivity contribution in [1.82, 2.24) is 4.72 Å². The summed E-state index contributed by atoms with van der Waals surface area (Å²) in [5.74, 6) is -0.470.